The largest absolute Gasteiger partial charge is 0.345 e. The summed E-state index contributed by atoms with van der Waals surface area (Å²) in [4.78, 5) is 12.1. The van der Waals surface area contributed by atoms with Gasteiger partial charge < -0.3 is 10.6 Å². The molecule has 0 radical (unpaired) electrons. The molecule has 0 saturated carbocycles. The number of nitrogens with one attached hydrogen (secondary N) is 1. The lowest BCUT2D eigenvalue weighted by molar-refractivity contribution is -0.682. The fraction of sp³-hybridized carbons (Fsp3) is 0.278. The first kappa shape index (κ1) is 17.8. The van der Waals surface area contributed by atoms with Gasteiger partial charge in [0, 0.05) is 15.6 Å². The molecule has 0 aromatic heterocycles. The second-order valence-electron chi connectivity index (χ2n) is 5.62. The molecule has 0 spiro atoms. The van der Waals surface area contributed by atoms with Crippen molar-refractivity contribution in [3.63, 3.8) is 0 Å². The standard InChI is InChI=1S/C18H20Cl2N2O/c1-12(14-6-8-16(19)9-7-14)21-11-18(23)22-13(2)15-4-3-5-17(20)10-15/h3-10,12-13,21H,11H2,1-2H3,(H,22,23)/p+1/t12-,13+/m0/s1. The quantitative estimate of drug-likeness (QED) is 0.821. The summed E-state index contributed by atoms with van der Waals surface area (Å²) in [7, 11) is 0. The summed E-state index contributed by atoms with van der Waals surface area (Å²) in [5.41, 5.74) is 2.14. The molecule has 5 heteroatoms. The van der Waals surface area contributed by atoms with Crippen molar-refractivity contribution in [2.24, 2.45) is 0 Å². The van der Waals surface area contributed by atoms with Crippen LogP contribution in [-0.4, -0.2) is 12.5 Å². The zero-order chi connectivity index (χ0) is 16.8. The third-order valence-electron chi connectivity index (χ3n) is 3.78. The first-order valence-electron chi connectivity index (χ1n) is 7.59. The average Bonchev–Trinajstić information content (AvgIpc) is 2.53. The monoisotopic (exact) mass is 351 g/mol. The second kappa shape index (κ2) is 8.34. The van der Waals surface area contributed by atoms with Crippen LogP contribution in [0, 0.1) is 0 Å². The number of benzene rings is 2. The molecule has 2 rings (SSSR count). The highest BCUT2D eigenvalue weighted by atomic mass is 35.5. The van der Waals surface area contributed by atoms with Crippen LogP contribution in [0.1, 0.15) is 37.1 Å². The van der Waals surface area contributed by atoms with Gasteiger partial charge in [-0.3, -0.25) is 4.79 Å². The highest BCUT2D eigenvalue weighted by Crippen LogP contribution is 2.17. The van der Waals surface area contributed by atoms with E-state index in [1.807, 2.05) is 60.8 Å². The minimum atomic E-state index is -0.0690. The van der Waals surface area contributed by atoms with Gasteiger partial charge in [0.05, 0.1) is 6.04 Å². The Hall–Kier alpha value is -1.55. The third kappa shape index (κ3) is 5.54. The van der Waals surface area contributed by atoms with Crippen LogP contribution in [0.3, 0.4) is 0 Å². The Morgan fingerprint density at radius 2 is 1.74 bits per heavy atom. The van der Waals surface area contributed by atoms with E-state index in [1.54, 1.807) is 0 Å². The maximum atomic E-state index is 12.1. The Morgan fingerprint density at radius 1 is 1.04 bits per heavy atom. The Kier molecular flexibility index (Phi) is 6.46. The van der Waals surface area contributed by atoms with Gasteiger partial charge in [-0.25, -0.2) is 0 Å². The predicted molar refractivity (Wildman–Crippen MR) is 94.7 cm³/mol. The van der Waals surface area contributed by atoms with E-state index in [4.69, 9.17) is 23.2 Å². The second-order valence-corrected chi connectivity index (χ2v) is 6.50. The normalized spacial score (nSPS) is 13.4. The van der Waals surface area contributed by atoms with Gasteiger partial charge in [-0.1, -0.05) is 47.5 Å². The summed E-state index contributed by atoms with van der Waals surface area (Å²) in [6, 6.07) is 15.3. The highest BCUT2D eigenvalue weighted by Gasteiger charge is 2.14. The van der Waals surface area contributed by atoms with Crippen LogP contribution >= 0.6 is 23.2 Å². The van der Waals surface area contributed by atoms with E-state index in [0.717, 1.165) is 11.1 Å². The molecular weight excluding hydrogens is 331 g/mol. The van der Waals surface area contributed by atoms with E-state index in [9.17, 15) is 4.79 Å². The molecule has 2 atom stereocenters. The molecule has 3 nitrogen and oxygen atoms in total. The van der Waals surface area contributed by atoms with E-state index >= 15 is 0 Å². The molecule has 0 bridgehead atoms. The molecule has 1 amide bonds. The number of carbonyl (C=O) groups is 1. The van der Waals surface area contributed by atoms with E-state index in [1.165, 1.54) is 0 Å². The number of carbonyl (C=O) groups excluding carboxylic acids is 1. The molecule has 23 heavy (non-hydrogen) atoms. The minimum absolute atomic E-state index is 0.00158. The van der Waals surface area contributed by atoms with E-state index in [-0.39, 0.29) is 18.0 Å². The van der Waals surface area contributed by atoms with Crippen molar-refractivity contribution in [3.05, 3.63) is 69.7 Å². The van der Waals surface area contributed by atoms with Gasteiger partial charge in [0.2, 0.25) is 0 Å². The maximum absolute atomic E-state index is 12.1. The molecule has 3 N–H and O–H groups in total. The fourth-order valence-corrected chi connectivity index (χ4v) is 2.67. The first-order chi connectivity index (χ1) is 11.0. The van der Waals surface area contributed by atoms with Crippen LogP contribution in [0.2, 0.25) is 10.0 Å². The molecule has 0 fully saturated rings. The molecule has 0 heterocycles. The van der Waals surface area contributed by atoms with Crippen molar-refractivity contribution >= 4 is 29.1 Å². The smallest absolute Gasteiger partial charge is 0.275 e. The Bertz CT molecular complexity index is 658. The highest BCUT2D eigenvalue weighted by molar-refractivity contribution is 6.30. The zero-order valence-corrected chi connectivity index (χ0v) is 14.7. The topological polar surface area (TPSA) is 45.7 Å². The number of hydrogen-bond donors (Lipinski definition) is 2. The predicted octanol–water partition coefficient (Wildman–Crippen LogP) is 3.50. The van der Waals surface area contributed by atoms with Gasteiger partial charge in [0.1, 0.15) is 6.04 Å². The summed E-state index contributed by atoms with van der Waals surface area (Å²) >= 11 is 11.9. The van der Waals surface area contributed by atoms with Gasteiger partial charge in [0.25, 0.3) is 5.91 Å². The van der Waals surface area contributed by atoms with Crippen molar-refractivity contribution in [1.29, 1.82) is 0 Å². The lowest BCUT2D eigenvalue weighted by Gasteiger charge is -2.15. The van der Waals surface area contributed by atoms with Crippen LogP contribution in [-0.2, 0) is 4.79 Å². The SMILES string of the molecule is C[C@H]([NH2+]CC(=O)N[C@H](C)c1cccc(Cl)c1)c1ccc(Cl)cc1. The number of halogens is 2. The molecule has 0 aliphatic carbocycles. The summed E-state index contributed by atoms with van der Waals surface area (Å²) in [6.45, 7) is 4.39. The number of rotatable bonds is 6. The van der Waals surface area contributed by atoms with Gasteiger partial charge >= 0.3 is 0 Å². The molecule has 122 valence electrons. The van der Waals surface area contributed by atoms with Crippen molar-refractivity contribution in [1.82, 2.24) is 5.32 Å². The summed E-state index contributed by atoms with van der Waals surface area (Å²) in [5, 5.41) is 6.38. The third-order valence-corrected chi connectivity index (χ3v) is 4.27. The first-order valence-corrected chi connectivity index (χ1v) is 8.35. The van der Waals surface area contributed by atoms with Crippen molar-refractivity contribution < 1.29 is 10.1 Å². The Balaban J connectivity index is 1.83. The van der Waals surface area contributed by atoms with Crippen LogP contribution in [0.5, 0.6) is 0 Å². The zero-order valence-electron chi connectivity index (χ0n) is 13.2. The molecule has 2 aromatic carbocycles. The van der Waals surface area contributed by atoms with Gasteiger partial charge in [-0.2, -0.15) is 0 Å². The van der Waals surface area contributed by atoms with E-state index < -0.39 is 0 Å². The Labute approximate surface area is 147 Å². The van der Waals surface area contributed by atoms with Crippen LogP contribution < -0.4 is 10.6 Å². The molecular formula is C18H21Cl2N2O+. The van der Waals surface area contributed by atoms with Gasteiger partial charge in [0.15, 0.2) is 6.54 Å². The summed E-state index contributed by atoms with van der Waals surface area (Å²) < 4.78 is 0. The van der Waals surface area contributed by atoms with E-state index in [0.29, 0.717) is 16.6 Å². The van der Waals surface area contributed by atoms with Gasteiger partial charge in [-0.15, -0.1) is 0 Å². The van der Waals surface area contributed by atoms with Crippen molar-refractivity contribution in [2.75, 3.05) is 6.54 Å². The number of quaternary nitrogens is 1. The number of nitrogens with two attached hydrogens (primary N) is 1. The lowest BCUT2D eigenvalue weighted by Crippen LogP contribution is -2.87. The van der Waals surface area contributed by atoms with E-state index in [2.05, 4.69) is 12.2 Å². The molecule has 0 saturated heterocycles. The minimum Gasteiger partial charge on any atom is -0.345 e. The summed E-state index contributed by atoms with van der Waals surface area (Å²) in [6.07, 6.45) is 0. The molecule has 2 aromatic rings. The van der Waals surface area contributed by atoms with Gasteiger partial charge in [-0.05, 0) is 43.7 Å². The van der Waals surface area contributed by atoms with Crippen molar-refractivity contribution in [2.45, 2.75) is 25.9 Å². The summed E-state index contributed by atoms with van der Waals surface area (Å²) in [5.74, 6) is -0.00158. The Morgan fingerprint density at radius 3 is 2.39 bits per heavy atom. The number of amides is 1. The average molecular weight is 352 g/mol. The fourth-order valence-electron chi connectivity index (χ4n) is 2.35. The van der Waals surface area contributed by atoms with Crippen LogP contribution in [0.15, 0.2) is 48.5 Å². The van der Waals surface area contributed by atoms with Crippen molar-refractivity contribution in [3.8, 4) is 0 Å². The number of hydrogen-bond acceptors (Lipinski definition) is 1. The molecule has 0 aliphatic rings. The molecule has 0 unspecified atom stereocenters. The molecule has 0 aliphatic heterocycles. The lowest BCUT2D eigenvalue weighted by atomic mass is 10.1. The maximum Gasteiger partial charge on any atom is 0.275 e. The van der Waals surface area contributed by atoms with Crippen LogP contribution in [0.25, 0.3) is 0 Å². The van der Waals surface area contributed by atoms with Crippen LogP contribution in [0.4, 0.5) is 0 Å².